The molecule has 1 atom stereocenters. The molecule has 36 valence electrons. The van der Waals surface area contributed by atoms with E-state index in [1.54, 1.807) is 0 Å². The zero-order chi connectivity index (χ0) is 4.57. The summed E-state index contributed by atoms with van der Waals surface area (Å²) in [7, 11) is 0. The molecule has 0 aliphatic carbocycles. The van der Waals surface area contributed by atoms with Crippen LogP contribution in [0.1, 0.15) is 0 Å². The molecule has 0 aromatic heterocycles. The highest BCUT2D eigenvalue weighted by molar-refractivity contribution is 7.76. The highest BCUT2D eigenvalue weighted by Gasteiger charge is 2.16. The van der Waals surface area contributed by atoms with Gasteiger partial charge >= 0.3 is 0 Å². The predicted octanol–water partition coefficient (Wildman–Crippen LogP) is -0.904. The Morgan fingerprint density at radius 2 is 2.17 bits per heavy atom. The fourth-order valence-corrected chi connectivity index (χ4v) is 0.570. The second-order valence-electron chi connectivity index (χ2n) is 1.15. The predicted molar refractivity (Wildman–Crippen MR) is 20.5 cm³/mol. The van der Waals surface area contributed by atoms with Gasteiger partial charge in [-0.25, -0.2) is 4.31 Å². The van der Waals surface area contributed by atoms with Gasteiger partial charge in [0.25, 0.3) is 0 Å². The third-order valence-corrected chi connectivity index (χ3v) is 1.40. The summed E-state index contributed by atoms with van der Waals surface area (Å²) in [5, 5.41) is 0. The molecular formula is C2H4NO2S-. The van der Waals surface area contributed by atoms with Crippen LogP contribution < -0.4 is 0 Å². The number of hydrogen-bond acceptors (Lipinski definition) is 2. The Morgan fingerprint density at radius 1 is 1.67 bits per heavy atom. The minimum absolute atomic E-state index is 0.718. The standard InChI is InChI=1S/C2H5NO2S/c4-6(5)3-1-2-3/h1-2H2,(H,4,5)/p-1. The molecule has 0 aromatic carbocycles. The number of nitrogens with zero attached hydrogens (tertiary/aromatic N) is 1. The maximum Gasteiger partial charge on any atom is 0.0240 e. The SMILES string of the molecule is O=S([O-])N1CC1. The summed E-state index contributed by atoms with van der Waals surface area (Å²) in [6.07, 6.45) is 0. The van der Waals surface area contributed by atoms with E-state index in [-0.39, 0.29) is 0 Å². The first kappa shape index (κ1) is 4.23. The van der Waals surface area contributed by atoms with Crippen LogP contribution in [0.3, 0.4) is 0 Å². The maximum absolute atomic E-state index is 9.69. The van der Waals surface area contributed by atoms with Gasteiger partial charge in [-0.1, -0.05) is 0 Å². The zero-order valence-electron chi connectivity index (χ0n) is 3.09. The minimum Gasteiger partial charge on any atom is -0.760 e. The summed E-state index contributed by atoms with van der Waals surface area (Å²) in [5.41, 5.74) is 0. The lowest BCUT2D eigenvalue weighted by Crippen LogP contribution is -1.98. The van der Waals surface area contributed by atoms with Crippen LogP contribution in [0, 0.1) is 0 Å². The first-order valence-electron chi connectivity index (χ1n) is 1.65. The molecule has 0 spiro atoms. The van der Waals surface area contributed by atoms with Crippen molar-refractivity contribution in [2.75, 3.05) is 13.1 Å². The molecule has 1 fully saturated rings. The lowest BCUT2D eigenvalue weighted by atomic mass is 11.0. The average Bonchev–Trinajstić information content (AvgIpc) is 2.06. The fraction of sp³-hybridized carbons (Fsp3) is 1.00. The monoisotopic (exact) mass is 106 g/mol. The molecule has 1 unspecified atom stereocenters. The van der Waals surface area contributed by atoms with E-state index < -0.39 is 11.3 Å². The molecule has 0 bridgehead atoms. The Kier molecular flexibility index (Phi) is 0.910. The molecule has 1 rings (SSSR count). The molecule has 4 heteroatoms. The Morgan fingerprint density at radius 3 is 2.17 bits per heavy atom. The number of hydrogen-bond donors (Lipinski definition) is 0. The van der Waals surface area contributed by atoms with Gasteiger partial charge in [0, 0.05) is 24.4 Å². The molecule has 1 saturated heterocycles. The van der Waals surface area contributed by atoms with Crippen LogP contribution in [0.25, 0.3) is 0 Å². The van der Waals surface area contributed by atoms with Crippen LogP contribution in [0.5, 0.6) is 0 Å². The van der Waals surface area contributed by atoms with Gasteiger partial charge in [0.15, 0.2) is 0 Å². The summed E-state index contributed by atoms with van der Waals surface area (Å²) in [6.45, 7) is 1.44. The van der Waals surface area contributed by atoms with Gasteiger partial charge in [0.05, 0.1) is 0 Å². The third kappa shape index (κ3) is 0.767. The van der Waals surface area contributed by atoms with Gasteiger partial charge in [0.2, 0.25) is 0 Å². The van der Waals surface area contributed by atoms with E-state index in [2.05, 4.69) is 0 Å². The van der Waals surface area contributed by atoms with Crippen molar-refractivity contribution in [3.8, 4) is 0 Å². The topological polar surface area (TPSA) is 43.1 Å². The van der Waals surface area contributed by atoms with E-state index in [0.717, 1.165) is 13.1 Å². The van der Waals surface area contributed by atoms with Crippen LogP contribution in [-0.4, -0.2) is 26.2 Å². The maximum atomic E-state index is 9.69. The molecule has 0 radical (unpaired) electrons. The Balaban J connectivity index is 2.31. The third-order valence-electron chi connectivity index (χ3n) is 0.617. The van der Waals surface area contributed by atoms with E-state index in [4.69, 9.17) is 0 Å². The van der Waals surface area contributed by atoms with E-state index in [0.29, 0.717) is 0 Å². The summed E-state index contributed by atoms with van der Waals surface area (Å²) >= 11 is -1.92. The molecule has 1 heterocycles. The quantitative estimate of drug-likeness (QED) is 0.321. The second kappa shape index (κ2) is 1.29. The van der Waals surface area contributed by atoms with Crippen molar-refractivity contribution in [3.63, 3.8) is 0 Å². The molecular weight excluding hydrogens is 102 g/mol. The molecule has 6 heavy (non-hydrogen) atoms. The van der Waals surface area contributed by atoms with Crippen LogP contribution in [0.15, 0.2) is 0 Å². The van der Waals surface area contributed by atoms with Crippen LogP contribution in [0.4, 0.5) is 0 Å². The van der Waals surface area contributed by atoms with Crippen molar-refractivity contribution in [2.45, 2.75) is 0 Å². The van der Waals surface area contributed by atoms with Crippen LogP contribution in [0.2, 0.25) is 0 Å². The molecule has 0 saturated carbocycles. The van der Waals surface area contributed by atoms with Gasteiger partial charge in [-0.3, -0.25) is 4.21 Å². The second-order valence-corrected chi connectivity index (χ2v) is 2.10. The molecule has 1 aliphatic rings. The van der Waals surface area contributed by atoms with Crippen molar-refractivity contribution in [3.05, 3.63) is 0 Å². The molecule has 0 aromatic rings. The summed E-state index contributed by atoms with van der Waals surface area (Å²) < 4.78 is 20.7. The normalized spacial score (nSPS) is 26.8. The van der Waals surface area contributed by atoms with Crippen molar-refractivity contribution in [1.29, 1.82) is 0 Å². The molecule has 1 aliphatic heterocycles. The van der Waals surface area contributed by atoms with Gasteiger partial charge in [-0.2, -0.15) is 0 Å². The highest BCUT2D eigenvalue weighted by Crippen LogP contribution is 2.03. The summed E-state index contributed by atoms with van der Waals surface area (Å²) in [5.74, 6) is 0. The van der Waals surface area contributed by atoms with Crippen molar-refractivity contribution >= 4 is 11.3 Å². The van der Waals surface area contributed by atoms with Crippen LogP contribution >= 0.6 is 0 Å². The first-order valence-corrected chi connectivity index (χ1v) is 2.68. The van der Waals surface area contributed by atoms with Crippen LogP contribution in [-0.2, 0) is 11.3 Å². The van der Waals surface area contributed by atoms with Crippen molar-refractivity contribution in [2.24, 2.45) is 0 Å². The van der Waals surface area contributed by atoms with Crippen molar-refractivity contribution < 1.29 is 8.76 Å². The zero-order valence-corrected chi connectivity index (χ0v) is 3.90. The Hall–Kier alpha value is 0.0700. The lowest BCUT2D eigenvalue weighted by molar-refractivity contribution is 0.505. The van der Waals surface area contributed by atoms with E-state index in [1.165, 1.54) is 4.31 Å². The molecule has 3 nitrogen and oxygen atoms in total. The molecule has 0 amide bonds. The Bertz CT molecular complexity index is 79.6. The van der Waals surface area contributed by atoms with Gasteiger partial charge in [0.1, 0.15) is 0 Å². The van der Waals surface area contributed by atoms with Gasteiger partial charge in [-0.15, -0.1) is 0 Å². The van der Waals surface area contributed by atoms with Gasteiger partial charge < -0.3 is 4.55 Å². The van der Waals surface area contributed by atoms with E-state index in [9.17, 15) is 8.76 Å². The summed E-state index contributed by atoms with van der Waals surface area (Å²) in [4.78, 5) is 0. The fourth-order valence-electron chi connectivity index (χ4n) is 0.190. The average molecular weight is 106 g/mol. The molecule has 0 N–H and O–H groups in total. The summed E-state index contributed by atoms with van der Waals surface area (Å²) in [6, 6.07) is 0. The minimum atomic E-state index is -1.92. The number of rotatable bonds is 1. The first-order chi connectivity index (χ1) is 2.80. The van der Waals surface area contributed by atoms with Crippen molar-refractivity contribution in [1.82, 2.24) is 4.31 Å². The lowest BCUT2D eigenvalue weighted by Gasteiger charge is -1.99. The van der Waals surface area contributed by atoms with Gasteiger partial charge in [-0.05, 0) is 0 Å². The van der Waals surface area contributed by atoms with E-state index in [1.807, 2.05) is 0 Å². The smallest absolute Gasteiger partial charge is 0.0240 e. The largest absolute Gasteiger partial charge is 0.760 e. The Labute approximate surface area is 38.4 Å². The van der Waals surface area contributed by atoms with E-state index >= 15 is 0 Å². The highest BCUT2D eigenvalue weighted by atomic mass is 32.2.